The number of carbonyl (C=O) groups is 2. The van der Waals surface area contributed by atoms with Crippen molar-refractivity contribution in [2.24, 2.45) is 5.10 Å². The van der Waals surface area contributed by atoms with Crippen LogP contribution in [-0.2, 0) is 9.59 Å². The van der Waals surface area contributed by atoms with E-state index in [0.717, 1.165) is 5.56 Å². The van der Waals surface area contributed by atoms with E-state index >= 15 is 0 Å². The number of hydrogen-bond donors (Lipinski definition) is 3. The molecule has 0 saturated carbocycles. The van der Waals surface area contributed by atoms with E-state index in [4.69, 9.17) is 4.74 Å². The highest BCUT2D eigenvalue weighted by Gasteiger charge is 2.13. The van der Waals surface area contributed by atoms with Crippen LogP contribution in [0.4, 0.5) is 5.69 Å². The van der Waals surface area contributed by atoms with Crippen LogP contribution in [0, 0.1) is 6.92 Å². The number of aryl methyl sites for hydroxylation is 1. The Morgan fingerprint density at radius 3 is 2.52 bits per heavy atom. The zero-order chi connectivity index (χ0) is 18.4. The maximum Gasteiger partial charge on any atom is 0.329 e. The number of anilines is 1. The third-order valence-electron chi connectivity index (χ3n) is 3.18. The van der Waals surface area contributed by atoms with Crippen LogP contribution >= 0.6 is 15.9 Å². The molecule has 8 heteroatoms. The van der Waals surface area contributed by atoms with Crippen molar-refractivity contribution in [3.05, 3.63) is 52.0 Å². The van der Waals surface area contributed by atoms with Gasteiger partial charge in [0.2, 0.25) is 0 Å². The first-order valence-corrected chi connectivity index (χ1v) is 7.97. The lowest BCUT2D eigenvalue weighted by molar-refractivity contribution is -0.136. The highest BCUT2D eigenvalue weighted by Crippen LogP contribution is 2.31. The van der Waals surface area contributed by atoms with E-state index < -0.39 is 11.8 Å². The second kappa shape index (κ2) is 8.29. The number of nitrogens with one attached hydrogen (secondary N) is 2. The van der Waals surface area contributed by atoms with Crippen molar-refractivity contribution in [1.29, 1.82) is 0 Å². The number of amides is 2. The van der Waals surface area contributed by atoms with E-state index in [0.29, 0.717) is 21.5 Å². The zero-order valence-corrected chi connectivity index (χ0v) is 15.1. The zero-order valence-electron chi connectivity index (χ0n) is 13.5. The normalized spacial score (nSPS) is 10.5. The molecule has 25 heavy (non-hydrogen) atoms. The maximum atomic E-state index is 11.8. The summed E-state index contributed by atoms with van der Waals surface area (Å²) in [6.07, 6.45) is 1.29. The van der Waals surface area contributed by atoms with Crippen molar-refractivity contribution in [1.82, 2.24) is 5.43 Å². The van der Waals surface area contributed by atoms with Crippen molar-refractivity contribution < 1.29 is 19.4 Å². The van der Waals surface area contributed by atoms with E-state index in [1.54, 1.807) is 18.2 Å². The molecule has 2 aromatic carbocycles. The van der Waals surface area contributed by atoms with E-state index in [-0.39, 0.29) is 5.75 Å². The van der Waals surface area contributed by atoms with Gasteiger partial charge in [-0.25, -0.2) is 5.43 Å². The Morgan fingerprint density at radius 1 is 1.20 bits per heavy atom. The quantitative estimate of drug-likeness (QED) is 0.413. The third kappa shape index (κ3) is 5.05. The Hall–Kier alpha value is -2.87. The van der Waals surface area contributed by atoms with Crippen LogP contribution in [0.1, 0.15) is 11.1 Å². The predicted octanol–water partition coefficient (Wildman–Crippen LogP) is 2.56. The molecule has 0 spiro atoms. The summed E-state index contributed by atoms with van der Waals surface area (Å²) >= 11 is 3.29. The van der Waals surface area contributed by atoms with Gasteiger partial charge in [-0.15, -0.1) is 0 Å². The minimum Gasteiger partial charge on any atom is -0.504 e. The van der Waals surface area contributed by atoms with Crippen molar-refractivity contribution in [3.8, 4) is 11.5 Å². The Morgan fingerprint density at radius 2 is 1.88 bits per heavy atom. The third-order valence-corrected chi connectivity index (χ3v) is 3.87. The van der Waals surface area contributed by atoms with Crippen molar-refractivity contribution in [2.75, 3.05) is 12.4 Å². The lowest BCUT2D eigenvalue weighted by Crippen LogP contribution is -2.32. The Kier molecular flexibility index (Phi) is 6.13. The number of hydrogen-bond acceptors (Lipinski definition) is 5. The summed E-state index contributed by atoms with van der Waals surface area (Å²) in [6, 6.07) is 9.99. The molecule has 2 amide bonds. The minimum atomic E-state index is -0.911. The molecule has 0 aromatic heterocycles. The molecule has 2 aromatic rings. The maximum absolute atomic E-state index is 11.8. The van der Waals surface area contributed by atoms with E-state index in [1.807, 2.05) is 19.1 Å². The monoisotopic (exact) mass is 405 g/mol. The molecule has 0 atom stereocenters. The number of nitrogens with zero attached hydrogens (tertiary/aromatic N) is 1. The largest absolute Gasteiger partial charge is 0.504 e. The molecule has 0 aliphatic heterocycles. The lowest BCUT2D eigenvalue weighted by Gasteiger charge is -2.06. The van der Waals surface area contributed by atoms with Crippen LogP contribution in [0.3, 0.4) is 0 Å². The van der Waals surface area contributed by atoms with Gasteiger partial charge in [0.15, 0.2) is 11.5 Å². The van der Waals surface area contributed by atoms with Crippen molar-refractivity contribution in [2.45, 2.75) is 6.92 Å². The first-order valence-electron chi connectivity index (χ1n) is 7.18. The summed E-state index contributed by atoms with van der Waals surface area (Å²) in [5.41, 5.74) is 4.17. The molecule has 0 unspecified atom stereocenters. The van der Waals surface area contributed by atoms with Gasteiger partial charge in [-0.2, -0.15) is 5.10 Å². The molecule has 130 valence electrons. The number of ether oxygens (including phenoxy) is 1. The number of aromatic hydroxyl groups is 1. The van der Waals surface area contributed by atoms with Gasteiger partial charge in [-0.05, 0) is 47.1 Å². The molecule has 0 aliphatic rings. The first-order chi connectivity index (χ1) is 11.9. The lowest BCUT2D eigenvalue weighted by atomic mass is 10.2. The molecule has 0 aliphatic carbocycles. The van der Waals surface area contributed by atoms with Gasteiger partial charge in [-0.1, -0.05) is 17.7 Å². The van der Waals surface area contributed by atoms with Crippen LogP contribution in [-0.4, -0.2) is 30.2 Å². The number of rotatable bonds is 4. The van der Waals surface area contributed by atoms with Crippen LogP contribution < -0.4 is 15.5 Å². The molecule has 0 bridgehead atoms. The number of carbonyl (C=O) groups excluding carboxylic acids is 2. The topological polar surface area (TPSA) is 100 Å². The molecule has 3 N–H and O–H groups in total. The summed E-state index contributed by atoms with van der Waals surface area (Å²) in [5.74, 6) is -1.52. The fourth-order valence-corrected chi connectivity index (χ4v) is 2.28. The van der Waals surface area contributed by atoms with E-state index in [1.165, 1.54) is 19.4 Å². The number of halogens is 1. The average Bonchev–Trinajstić information content (AvgIpc) is 2.59. The highest BCUT2D eigenvalue weighted by molar-refractivity contribution is 9.10. The van der Waals surface area contributed by atoms with E-state index in [2.05, 4.69) is 31.8 Å². The van der Waals surface area contributed by atoms with Crippen LogP contribution in [0.5, 0.6) is 11.5 Å². The van der Waals surface area contributed by atoms with Crippen molar-refractivity contribution in [3.63, 3.8) is 0 Å². The SMILES string of the molecule is COc1cc(Br)c(/C=N\NC(=O)C(=O)Nc2ccc(C)cc2)cc1O. The van der Waals surface area contributed by atoms with Crippen molar-refractivity contribution >= 4 is 39.6 Å². The van der Waals surface area contributed by atoms with Gasteiger partial charge in [0.25, 0.3) is 0 Å². The fraction of sp³-hybridized carbons (Fsp3) is 0.118. The molecule has 2 rings (SSSR count). The molecule has 0 fully saturated rings. The first kappa shape index (κ1) is 18.5. The molecule has 7 nitrogen and oxygen atoms in total. The summed E-state index contributed by atoms with van der Waals surface area (Å²) in [6.45, 7) is 1.92. The van der Waals surface area contributed by atoms with Gasteiger partial charge in [0, 0.05) is 15.7 Å². The van der Waals surface area contributed by atoms with Gasteiger partial charge >= 0.3 is 11.8 Å². The Labute approximate surface area is 152 Å². The standard InChI is InChI=1S/C17H16BrN3O4/c1-10-3-5-12(6-4-10)20-16(23)17(24)21-19-9-11-7-14(22)15(25-2)8-13(11)18/h3-9,22H,1-2H3,(H,20,23)(H,21,24)/b19-9-. The number of phenolic OH excluding ortho intramolecular Hbond substituents is 1. The Balaban J connectivity index is 1.97. The van der Waals surface area contributed by atoms with Gasteiger partial charge < -0.3 is 15.2 Å². The van der Waals surface area contributed by atoms with Gasteiger partial charge in [0.1, 0.15) is 0 Å². The average molecular weight is 406 g/mol. The van der Waals surface area contributed by atoms with Crippen LogP contribution in [0.15, 0.2) is 46.0 Å². The molecule has 0 heterocycles. The predicted molar refractivity (Wildman–Crippen MR) is 97.9 cm³/mol. The fourth-order valence-electron chi connectivity index (χ4n) is 1.86. The van der Waals surface area contributed by atoms with Crippen LogP contribution in [0.25, 0.3) is 0 Å². The summed E-state index contributed by atoms with van der Waals surface area (Å²) < 4.78 is 5.57. The number of phenols is 1. The van der Waals surface area contributed by atoms with Crippen LogP contribution in [0.2, 0.25) is 0 Å². The Bertz CT molecular complexity index is 819. The molecule has 0 saturated heterocycles. The molecular weight excluding hydrogens is 390 g/mol. The number of methoxy groups -OCH3 is 1. The highest BCUT2D eigenvalue weighted by atomic mass is 79.9. The molecular formula is C17H16BrN3O4. The summed E-state index contributed by atoms with van der Waals surface area (Å²) in [4.78, 5) is 23.5. The van der Waals surface area contributed by atoms with Gasteiger partial charge in [-0.3, -0.25) is 9.59 Å². The summed E-state index contributed by atoms with van der Waals surface area (Å²) in [5, 5.41) is 15.9. The number of hydrazone groups is 1. The smallest absolute Gasteiger partial charge is 0.329 e. The second-order valence-electron chi connectivity index (χ2n) is 5.06. The summed E-state index contributed by atoms with van der Waals surface area (Å²) in [7, 11) is 1.43. The van der Waals surface area contributed by atoms with E-state index in [9.17, 15) is 14.7 Å². The van der Waals surface area contributed by atoms with Gasteiger partial charge in [0.05, 0.1) is 13.3 Å². The molecule has 0 radical (unpaired) electrons. The second-order valence-corrected chi connectivity index (χ2v) is 5.92. The number of benzene rings is 2. The minimum absolute atomic E-state index is 0.0735.